The van der Waals surface area contributed by atoms with Crippen molar-refractivity contribution in [1.82, 2.24) is 9.97 Å². The quantitative estimate of drug-likeness (QED) is 0.786. The highest BCUT2D eigenvalue weighted by molar-refractivity contribution is 5.37. The summed E-state index contributed by atoms with van der Waals surface area (Å²) >= 11 is 0. The number of benzene rings is 1. The van der Waals surface area contributed by atoms with Gasteiger partial charge in [0.05, 0.1) is 6.07 Å². The fourth-order valence-electron chi connectivity index (χ4n) is 1.69. The molecule has 17 heavy (non-hydrogen) atoms. The molecule has 0 spiro atoms. The zero-order valence-electron chi connectivity index (χ0n) is 9.88. The topological polar surface area (TPSA) is 49.6 Å². The number of nitriles is 1. The van der Waals surface area contributed by atoms with E-state index >= 15 is 0 Å². The van der Waals surface area contributed by atoms with E-state index in [1.807, 2.05) is 25.1 Å². The molecule has 2 rings (SSSR count). The third-order valence-corrected chi connectivity index (χ3v) is 2.84. The van der Waals surface area contributed by atoms with Crippen LogP contribution >= 0.6 is 0 Å². The van der Waals surface area contributed by atoms with Crippen molar-refractivity contribution in [3.8, 4) is 6.07 Å². The normalized spacial score (nSPS) is 11.8. The molecule has 0 fully saturated rings. The Morgan fingerprint density at radius 3 is 2.41 bits per heavy atom. The lowest BCUT2D eigenvalue weighted by Gasteiger charge is -2.09. The number of hydrogen-bond acceptors (Lipinski definition) is 3. The van der Waals surface area contributed by atoms with Crippen LogP contribution in [0.1, 0.15) is 28.4 Å². The Morgan fingerprint density at radius 1 is 1.12 bits per heavy atom. The number of nitrogens with zero attached hydrogens (tertiary/aromatic N) is 3. The summed E-state index contributed by atoms with van der Waals surface area (Å²) < 4.78 is 0. The molecule has 1 atom stereocenters. The van der Waals surface area contributed by atoms with E-state index in [1.54, 1.807) is 18.5 Å². The van der Waals surface area contributed by atoms with Crippen LogP contribution in [0.5, 0.6) is 0 Å². The number of rotatable bonds is 2. The van der Waals surface area contributed by atoms with Crippen molar-refractivity contribution in [2.45, 2.75) is 19.8 Å². The van der Waals surface area contributed by atoms with Crippen LogP contribution in [-0.2, 0) is 0 Å². The van der Waals surface area contributed by atoms with Crippen molar-refractivity contribution in [2.24, 2.45) is 0 Å². The molecule has 2 aromatic rings. The van der Waals surface area contributed by atoms with Gasteiger partial charge in [-0.1, -0.05) is 18.2 Å². The zero-order valence-corrected chi connectivity index (χ0v) is 9.88. The van der Waals surface area contributed by atoms with E-state index < -0.39 is 5.92 Å². The van der Waals surface area contributed by atoms with E-state index in [9.17, 15) is 5.26 Å². The lowest BCUT2D eigenvalue weighted by atomic mass is 9.96. The first-order valence-electron chi connectivity index (χ1n) is 5.46. The molecule has 3 heteroatoms. The first-order chi connectivity index (χ1) is 8.22. The van der Waals surface area contributed by atoms with Crippen LogP contribution in [0, 0.1) is 25.2 Å². The molecule has 0 saturated carbocycles. The van der Waals surface area contributed by atoms with E-state index in [1.165, 1.54) is 11.1 Å². The van der Waals surface area contributed by atoms with Gasteiger partial charge in [-0.15, -0.1) is 0 Å². The van der Waals surface area contributed by atoms with E-state index in [2.05, 4.69) is 23.0 Å². The highest BCUT2D eigenvalue weighted by atomic mass is 14.9. The van der Waals surface area contributed by atoms with Crippen LogP contribution in [0.2, 0.25) is 0 Å². The van der Waals surface area contributed by atoms with E-state index in [-0.39, 0.29) is 0 Å². The Kier molecular flexibility index (Phi) is 3.15. The van der Waals surface area contributed by atoms with E-state index in [0.717, 1.165) is 5.56 Å². The predicted octanol–water partition coefficient (Wildman–Crippen LogP) is 2.75. The summed E-state index contributed by atoms with van der Waals surface area (Å²) in [5, 5.41) is 9.26. The van der Waals surface area contributed by atoms with Gasteiger partial charge in [-0.3, -0.25) is 0 Å². The van der Waals surface area contributed by atoms with Gasteiger partial charge >= 0.3 is 0 Å². The summed E-state index contributed by atoms with van der Waals surface area (Å²) in [5.74, 6) is 0.161. The van der Waals surface area contributed by atoms with Crippen molar-refractivity contribution in [1.29, 1.82) is 5.26 Å². The molecule has 0 radical (unpaired) electrons. The minimum Gasteiger partial charge on any atom is -0.240 e. The fraction of sp³-hybridized carbons (Fsp3) is 0.214. The maximum atomic E-state index is 9.26. The largest absolute Gasteiger partial charge is 0.240 e. The lowest BCUT2D eigenvalue weighted by Crippen LogP contribution is -2.04. The molecule has 1 heterocycles. The van der Waals surface area contributed by atoms with Crippen LogP contribution in [0.3, 0.4) is 0 Å². The smallest absolute Gasteiger partial charge is 0.149 e. The van der Waals surface area contributed by atoms with Gasteiger partial charge < -0.3 is 0 Å². The SMILES string of the molecule is Cc1ccc(C(C#N)c2ncccn2)cc1C. The molecule has 1 aromatic heterocycles. The van der Waals surface area contributed by atoms with Gasteiger partial charge in [0.25, 0.3) is 0 Å². The van der Waals surface area contributed by atoms with E-state index in [0.29, 0.717) is 5.82 Å². The molecule has 1 aromatic carbocycles. The van der Waals surface area contributed by atoms with Crippen molar-refractivity contribution >= 4 is 0 Å². The first kappa shape index (κ1) is 11.3. The Labute approximate surface area is 101 Å². The zero-order chi connectivity index (χ0) is 12.3. The molecule has 0 amide bonds. The minimum absolute atomic E-state index is 0.393. The van der Waals surface area contributed by atoms with Gasteiger partial charge in [0.2, 0.25) is 0 Å². The molecule has 0 aliphatic carbocycles. The molecule has 0 saturated heterocycles. The summed E-state index contributed by atoms with van der Waals surface area (Å²) in [4.78, 5) is 8.29. The van der Waals surface area contributed by atoms with Gasteiger partial charge in [-0.05, 0) is 36.6 Å². The Morgan fingerprint density at radius 2 is 1.82 bits per heavy atom. The molecule has 0 aliphatic heterocycles. The Bertz CT molecular complexity index is 555. The number of hydrogen-bond donors (Lipinski definition) is 0. The molecule has 0 N–H and O–H groups in total. The highest BCUT2D eigenvalue weighted by Crippen LogP contribution is 2.22. The maximum Gasteiger partial charge on any atom is 0.149 e. The lowest BCUT2D eigenvalue weighted by molar-refractivity contribution is 0.888. The second-order valence-electron chi connectivity index (χ2n) is 4.01. The summed E-state index contributed by atoms with van der Waals surface area (Å²) in [6, 6.07) is 10.0. The first-order valence-corrected chi connectivity index (χ1v) is 5.46. The molecule has 1 unspecified atom stereocenters. The molecule has 0 aliphatic rings. The third-order valence-electron chi connectivity index (χ3n) is 2.84. The average Bonchev–Trinajstić information content (AvgIpc) is 2.36. The van der Waals surface area contributed by atoms with Gasteiger partial charge in [0, 0.05) is 12.4 Å². The number of aryl methyl sites for hydroxylation is 2. The van der Waals surface area contributed by atoms with Crippen molar-refractivity contribution in [3.63, 3.8) is 0 Å². The summed E-state index contributed by atoms with van der Waals surface area (Å²) in [5.41, 5.74) is 3.35. The number of aromatic nitrogens is 2. The second-order valence-corrected chi connectivity index (χ2v) is 4.01. The van der Waals surface area contributed by atoms with Gasteiger partial charge in [0.1, 0.15) is 11.7 Å². The van der Waals surface area contributed by atoms with Crippen molar-refractivity contribution in [3.05, 3.63) is 59.2 Å². The van der Waals surface area contributed by atoms with Crippen LogP contribution in [0.25, 0.3) is 0 Å². The third kappa shape index (κ3) is 2.31. The molecular weight excluding hydrogens is 210 g/mol. The minimum atomic E-state index is -0.393. The second kappa shape index (κ2) is 4.75. The van der Waals surface area contributed by atoms with E-state index in [4.69, 9.17) is 0 Å². The van der Waals surface area contributed by atoms with Gasteiger partial charge in [0.15, 0.2) is 0 Å². The summed E-state index contributed by atoms with van der Waals surface area (Å²) in [6.45, 7) is 4.10. The van der Waals surface area contributed by atoms with Crippen molar-refractivity contribution in [2.75, 3.05) is 0 Å². The Balaban J connectivity index is 2.44. The molecule has 84 valence electrons. The molecule has 3 nitrogen and oxygen atoms in total. The van der Waals surface area contributed by atoms with Gasteiger partial charge in [-0.2, -0.15) is 5.26 Å². The molecule has 0 bridgehead atoms. The fourth-order valence-corrected chi connectivity index (χ4v) is 1.69. The standard InChI is InChI=1S/C14H13N3/c1-10-4-5-12(8-11(10)2)13(9-15)14-16-6-3-7-17-14/h3-8,13H,1-2H3. The van der Waals surface area contributed by atoms with Crippen LogP contribution in [-0.4, -0.2) is 9.97 Å². The van der Waals surface area contributed by atoms with Gasteiger partial charge in [-0.25, -0.2) is 9.97 Å². The average molecular weight is 223 g/mol. The summed E-state index contributed by atoms with van der Waals surface area (Å²) in [6.07, 6.45) is 3.32. The maximum absolute atomic E-state index is 9.26. The highest BCUT2D eigenvalue weighted by Gasteiger charge is 2.16. The van der Waals surface area contributed by atoms with Crippen molar-refractivity contribution < 1.29 is 0 Å². The molecular formula is C14H13N3. The van der Waals surface area contributed by atoms with Crippen LogP contribution < -0.4 is 0 Å². The van der Waals surface area contributed by atoms with Crippen LogP contribution in [0.4, 0.5) is 0 Å². The monoisotopic (exact) mass is 223 g/mol. The van der Waals surface area contributed by atoms with Crippen LogP contribution in [0.15, 0.2) is 36.7 Å². The Hall–Kier alpha value is -2.21. The predicted molar refractivity (Wildman–Crippen MR) is 65.4 cm³/mol. The summed E-state index contributed by atoms with van der Waals surface area (Å²) in [7, 11) is 0.